The van der Waals surface area contributed by atoms with E-state index in [4.69, 9.17) is 11.6 Å². The van der Waals surface area contributed by atoms with E-state index in [1.165, 1.54) is 22.4 Å². The summed E-state index contributed by atoms with van der Waals surface area (Å²) in [5, 5.41) is 0. The lowest BCUT2D eigenvalue weighted by Crippen LogP contribution is -2.08. The predicted molar refractivity (Wildman–Crippen MR) is 129 cm³/mol. The van der Waals surface area contributed by atoms with Gasteiger partial charge in [-0.25, -0.2) is 9.83 Å². The maximum Gasteiger partial charge on any atom is 0.187 e. The van der Waals surface area contributed by atoms with E-state index in [2.05, 4.69) is 79.7 Å². The fraction of sp³-hybridized carbons (Fsp3) is 0.214. The van der Waals surface area contributed by atoms with Crippen molar-refractivity contribution in [2.24, 2.45) is 0 Å². The van der Waals surface area contributed by atoms with Crippen molar-refractivity contribution in [3.8, 4) is 28.2 Å². The molecule has 1 aromatic heterocycles. The van der Waals surface area contributed by atoms with Gasteiger partial charge in [0.1, 0.15) is 5.82 Å². The summed E-state index contributed by atoms with van der Waals surface area (Å²) in [6.07, 6.45) is 3.95. The molecule has 4 rings (SSSR count). The highest BCUT2D eigenvalue weighted by atomic mass is 15.1. The quantitative estimate of drug-likeness (QED) is 0.308. The van der Waals surface area contributed by atoms with Crippen LogP contribution >= 0.6 is 0 Å². The van der Waals surface area contributed by atoms with Crippen molar-refractivity contribution in [3.63, 3.8) is 0 Å². The average molecular weight is 406 g/mol. The van der Waals surface area contributed by atoms with E-state index >= 15 is 0 Å². The van der Waals surface area contributed by atoms with E-state index in [1.807, 2.05) is 36.5 Å². The molecule has 0 bridgehead atoms. The van der Waals surface area contributed by atoms with Gasteiger partial charge in [0.25, 0.3) is 0 Å². The minimum absolute atomic E-state index is 0.348. The summed E-state index contributed by atoms with van der Waals surface area (Å²) in [4.78, 5) is 8.22. The number of rotatable bonds is 5. The summed E-state index contributed by atoms with van der Waals surface area (Å²) < 4.78 is 2.24. The molecule has 4 aromatic rings. The fourth-order valence-corrected chi connectivity index (χ4v) is 4.02. The number of aromatic nitrogens is 2. The van der Waals surface area contributed by atoms with Gasteiger partial charge in [0.05, 0.1) is 12.3 Å². The normalized spacial score (nSPS) is 11.1. The molecule has 0 fully saturated rings. The molecule has 0 saturated heterocycles. The topological polar surface area (TPSA) is 22.2 Å². The molecule has 0 radical (unpaired) electrons. The molecule has 3 nitrogen and oxygen atoms in total. The lowest BCUT2D eigenvalue weighted by Gasteiger charge is -2.23. The van der Waals surface area contributed by atoms with Crippen LogP contribution in [0.2, 0.25) is 0 Å². The third kappa shape index (κ3) is 4.02. The second-order valence-corrected chi connectivity index (χ2v) is 8.46. The molecule has 0 spiro atoms. The molecule has 0 amide bonds. The van der Waals surface area contributed by atoms with Crippen LogP contribution in [0.25, 0.3) is 33.0 Å². The van der Waals surface area contributed by atoms with Gasteiger partial charge in [-0.05, 0) is 46.2 Å². The van der Waals surface area contributed by atoms with Crippen LogP contribution in [0, 0.1) is 6.57 Å². The van der Waals surface area contributed by atoms with E-state index in [1.54, 1.807) is 0 Å². The third-order valence-electron chi connectivity index (χ3n) is 5.66. The minimum Gasteiger partial charge on any atom is -0.299 e. The predicted octanol–water partition coefficient (Wildman–Crippen LogP) is 8.00. The van der Waals surface area contributed by atoms with Crippen molar-refractivity contribution < 1.29 is 0 Å². The Hall–Kier alpha value is -3.64. The Morgan fingerprint density at radius 2 is 1.39 bits per heavy atom. The number of hydrogen-bond acceptors (Lipinski definition) is 1. The molecular weight excluding hydrogens is 378 g/mol. The van der Waals surface area contributed by atoms with Gasteiger partial charge in [-0.3, -0.25) is 4.57 Å². The van der Waals surface area contributed by atoms with Crippen molar-refractivity contribution >= 4 is 5.69 Å². The molecular formula is C28H27N3. The van der Waals surface area contributed by atoms with E-state index in [-0.39, 0.29) is 0 Å². The monoisotopic (exact) mass is 405 g/mol. The van der Waals surface area contributed by atoms with Crippen molar-refractivity contribution in [1.29, 1.82) is 0 Å². The lowest BCUT2D eigenvalue weighted by atomic mass is 9.88. The first-order chi connectivity index (χ1) is 15.0. The van der Waals surface area contributed by atoms with Crippen LogP contribution < -0.4 is 0 Å². The van der Waals surface area contributed by atoms with Gasteiger partial charge in [0.2, 0.25) is 0 Å². The first-order valence-electron chi connectivity index (χ1n) is 10.7. The van der Waals surface area contributed by atoms with Crippen molar-refractivity contribution in [2.45, 2.75) is 39.5 Å². The molecule has 0 aliphatic heterocycles. The third-order valence-corrected chi connectivity index (χ3v) is 5.66. The highest BCUT2D eigenvalue weighted by Crippen LogP contribution is 2.38. The molecule has 0 aliphatic carbocycles. The zero-order valence-electron chi connectivity index (χ0n) is 18.5. The highest BCUT2D eigenvalue weighted by molar-refractivity contribution is 5.72. The van der Waals surface area contributed by atoms with Gasteiger partial charge in [-0.15, -0.1) is 0 Å². The summed E-state index contributed by atoms with van der Waals surface area (Å²) >= 11 is 0. The van der Waals surface area contributed by atoms with Crippen LogP contribution in [0.5, 0.6) is 0 Å². The SMILES string of the molecule is [C-]#[N+]c1ccc(-c2cc(C(C)C)c(-n3ccnc3-c3ccccc3)c(C(C)C)c2)cc1. The summed E-state index contributed by atoms with van der Waals surface area (Å²) in [6.45, 7) is 16.2. The molecule has 154 valence electrons. The van der Waals surface area contributed by atoms with E-state index in [0.29, 0.717) is 17.5 Å². The van der Waals surface area contributed by atoms with E-state index in [9.17, 15) is 0 Å². The molecule has 0 atom stereocenters. The standard InChI is InChI=1S/C28H27N3/c1-19(2)25-17-23(21-11-13-24(29-5)14-12-21)18-26(20(3)4)27(25)31-16-15-30-28(31)22-9-7-6-8-10-22/h6-20H,1-4H3. The van der Waals surface area contributed by atoms with Crippen LogP contribution in [0.1, 0.15) is 50.7 Å². The first kappa shape index (κ1) is 20.6. The molecule has 3 heteroatoms. The lowest BCUT2D eigenvalue weighted by molar-refractivity contribution is 0.807. The Labute approximate surface area is 184 Å². The molecule has 0 aliphatic rings. The Morgan fingerprint density at radius 1 is 0.774 bits per heavy atom. The van der Waals surface area contributed by atoms with Crippen LogP contribution in [0.15, 0.2) is 79.1 Å². The maximum atomic E-state index is 7.21. The van der Waals surface area contributed by atoms with Gasteiger partial charge in [-0.1, -0.05) is 82.3 Å². The highest BCUT2D eigenvalue weighted by Gasteiger charge is 2.20. The van der Waals surface area contributed by atoms with Crippen molar-refractivity contribution in [2.75, 3.05) is 0 Å². The van der Waals surface area contributed by atoms with E-state index < -0.39 is 0 Å². The Balaban J connectivity index is 1.95. The number of benzene rings is 3. The largest absolute Gasteiger partial charge is 0.299 e. The van der Waals surface area contributed by atoms with Crippen molar-refractivity contribution in [1.82, 2.24) is 9.55 Å². The molecule has 1 heterocycles. The molecule has 0 N–H and O–H groups in total. The van der Waals surface area contributed by atoms with Crippen LogP contribution in [-0.4, -0.2) is 9.55 Å². The van der Waals surface area contributed by atoms with Gasteiger partial charge >= 0.3 is 0 Å². The smallest absolute Gasteiger partial charge is 0.187 e. The summed E-state index contributed by atoms with van der Waals surface area (Å²) in [5.74, 6) is 1.65. The van der Waals surface area contributed by atoms with Gasteiger partial charge < -0.3 is 0 Å². The van der Waals surface area contributed by atoms with Crippen molar-refractivity contribution in [3.05, 3.63) is 102 Å². The first-order valence-corrected chi connectivity index (χ1v) is 10.7. The Kier molecular flexibility index (Phi) is 5.73. The zero-order valence-corrected chi connectivity index (χ0v) is 18.5. The van der Waals surface area contributed by atoms with E-state index in [0.717, 1.165) is 17.0 Å². The van der Waals surface area contributed by atoms with Crippen LogP contribution in [-0.2, 0) is 0 Å². The van der Waals surface area contributed by atoms with Crippen LogP contribution in [0.4, 0.5) is 5.69 Å². The fourth-order valence-electron chi connectivity index (χ4n) is 4.02. The average Bonchev–Trinajstić information content (AvgIpc) is 3.28. The summed E-state index contributed by atoms with van der Waals surface area (Å²) in [7, 11) is 0. The number of hydrogen-bond donors (Lipinski definition) is 0. The molecule has 0 saturated carbocycles. The minimum atomic E-state index is 0.348. The molecule has 31 heavy (non-hydrogen) atoms. The number of imidazole rings is 1. The Bertz CT molecular complexity index is 1190. The second kappa shape index (κ2) is 8.62. The van der Waals surface area contributed by atoms with Gasteiger partial charge in [0.15, 0.2) is 5.69 Å². The Morgan fingerprint density at radius 3 is 1.94 bits per heavy atom. The van der Waals surface area contributed by atoms with Crippen LogP contribution in [0.3, 0.4) is 0 Å². The van der Waals surface area contributed by atoms with Gasteiger partial charge in [0, 0.05) is 18.0 Å². The zero-order chi connectivity index (χ0) is 22.0. The van der Waals surface area contributed by atoms with Gasteiger partial charge in [-0.2, -0.15) is 0 Å². The maximum absolute atomic E-state index is 7.21. The second-order valence-electron chi connectivity index (χ2n) is 8.46. The summed E-state index contributed by atoms with van der Waals surface area (Å²) in [6, 6.07) is 22.8. The summed E-state index contributed by atoms with van der Waals surface area (Å²) in [5.41, 5.74) is 7.92. The number of nitrogens with zero attached hydrogens (tertiary/aromatic N) is 3. The molecule has 0 unspecified atom stereocenters. The molecule has 3 aromatic carbocycles.